The second-order valence-corrected chi connectivity index (χ2v) is 16.5. The van der Waals surface area contributed by atoms with Crippen LogP contribution in [0.1, 0.15) is 213 Å². The largest absolute Gasteiger partial charge is 0.394 e. The minimum absolute atomic E-state index is 0.200. The molecule has 0 aromatic heterocycles. The molecule has 0 aromatic rings. The first-order valence-corrected chi connectivity index (χ1v) is 23.6. The number of unbranched alkanes of at least 4 members (excludes halogenated alkanes) is 27. The lowest BCUT2D eigenvalue weighted by Crippen LogP contribution is -2.60. The van der Waals surface area contributed by atoms with Crippen LogP contribution in [0.25, 0.3) is 0 Å². The number of rotatable bonds is 39. The van der Waals surface area contributed by atoms with E-state index in [-0.39, 0.29) is 12.5 Å². The van der Waals surface area contributed by atoms with Crippen LogP contribution in [-0.2, 0) is 14.3 Å². The molecule has 1 heterocycles. The third kappa shape index (κ3) is 28.2. The minimum atomic E-state index is -1.57. The fraction of sp³-hybridized carbons (Fsp3) is 0.894. The number of carbonyl (C=O) groups is 1. The van der Waals surface area contributed by atoms with E-state index in [0.29, 0.717) is 6.42 Å². The van der Waals surface area contributed by atoms with Gasteiger partial charge in [-0.15, -0.1) is 0 Å². The number of aliphatic hydroxyl groups excluding tert-OH is 5. The minimum Gasteiger partial charge on any atom is -0.394 e. The van der Waals surface area contributed by atoms with Gasteiger partial charge < -0.3 is 40.3 Å². The molecule has 330 valence electrons. The van der Waals surface area contributed by atoms with Gasteiger partial charge in [0.2, 0.25) is 5.91 Å². The first-order chi connectivity index (χ1) is 27.3. The van der Waals surface area contributed by atoms with Gasteiger partial charge in [0.1, 0.15) is 24.4 Å². The Hall–Kier alpha value is -1.33. The molecule has 0 saturated carbocycles. The van der Waals surface area contributed by atoms with E-state index < -0.39 is 49.5 Å². The van der Waals surface area contributed by atoms with E-state index in [1.807, 2.05) is 6.08 Å². The van der Waals surface area contributed by atoms with Gasteiger partial charge in [-0.3, -0.25) is 4.79 Å². The number of ether oxygens (including phenoxy) is 2. The van der Waals surface area contributed by atoms with E-state index >= 15 is 0 Å². The van der Waals surface area contributed by atoms with Crippen LogP contribution in [0.4, 0.5) is 0 Å². The lowest BCUT2D eigenvalue weighted by Gasteiger charge is -2.40. The number of hydrogen-bond donors (Lipinski definition) is 6. The van der Waals surface area contributed by atoms with Crippen LogP contribution >= 0.6 is 0 Å². The average molecular weight is 796 g/mol. The van der Waals surface area contributed by atoms with Crippen LogP contribution in [0.3, 0.4) is 0 Å². The number of nitrogens with one attached hydrogen (secondary N) is 1. The van der Waals surface area contributed by atoms with Crippen LogP contribution in [0.15, 0.2) is 24.3 Å². The van der Waals surface area contributed by atoms with E-state index in [1.54, 1.807) is 6.08 Å². The second kappa shape index (κ2) is 37.9. The Morgan fingerprint density at radius 3 is 1.50 bits per heavy atom. The first-order valence-electron chi connectivity index (χ1n) is 23.6. The van der Waals surface area contributed by atoms with Crippen LogP contribution in [0, 0.1) is 0 Å². The molecule has 0 aliphatic carbocycles. The van der Waals surface area contributed by atoms with Gasteiger partial charge in [0.25, 0.3) is 0 Å². The van der Waals surface area contributed by atoms with Crippen LogP contribution < -0.4 is 5.32 Å². The second-order valence-electron chi connectivity index (χ2n) is 16.5. The normalized spacial score (nSPS) is 21.3. The summed E-state index contributed by atoms with van der Waals surface area (Å²) >= 11 is 0. The highest BCUT2D eigenvalue weighted by molar-refractivity contribution is 5.76. The summed E-state index contributed by atoms with van der Waals surface area (Å²) in [6, 6.07) is -0.813. The molecule has 1 aliphatic heterocycles. The van der Waals surface area contributed by atoms with Gasteiger partial charge in [-0.25, -0.2) is 0 Å². The van der Waals surface area contributed by atoms with Gasteiger partial charge in [0, 0.05) is 6.42 Å². The molecule has 7 unspecified atom stereocenters. The number of amides is 1. The van der Waals surface area contributed by atoms with Gasteiger partial charge >= 0.3 is 0 Å². The van der Waals surface area contributed by atoms with E-state index in [9.17, 15) is 30.3 Å². The van der Waals surface area contributed by atoms with E-state index in [4.69, 9.17) is 9.47 Å². The number of allylic oxidation sites excluding steroid dienone is 3. The lowest BCUT2D eigenvalue weighted by atomic mass is 9.99. The third-order valence-corrected chi connectivity index (χ3v) is 11.3. The maximum atomic E-state index is 12.6. The molecule has 0 spiro atoms. The smallest absolute Gasteiger partial charge is 0.220 e. The molecule has 0 aromatic carbocycles. The number of aliphatic hydroxyl groups is 5. The summed E-state index contributed by atoms with van der Waals surface area (Å²) < 4.78 is 11.1. The summed E-state index contributed by atoms with van der Waals surface area (Å²) in [6.07, 6.45) is 39.0. The highest BCUT2D eigenvalue weighted by atomic mass is 16.7. The molecule has 1 fully saturated rings. The van der Waals surface area contributed by atoms with E-state index in [0.717, 1.165) is 44.9 Å². The molecule has 0 radical (unpaired) electrons. The Labute approximate surface area is 343 Å². The maximum Gasteiger partial charge on any atom is 0.220 e. The van der Waals surface area contributed by atoms with Crippen molar-refractivity contribution in [2.75, 3.05) is 13.2 Å². The summed E-state index contributed by atoms with van der Waals surface area (Å²) in [4.78, 5) is 12.6. The monoisotopic (exact) mass is 796 g/mol. The lowest BCUT2D eigenvalue weighted by molar-refractivity contribution is -0.302. The van der Waals surface area contributed by atoms with Crippen LogP contribution in [0.2, 0.25) is 0 Å². The third-order valence-electron chi connectivity index (χ3n) is 11.3. The van der Waals surface area contributed by atoms with Gasteiger partial charge in [-0.2, -0.15) is 0 Å². The molecule has 9 nitrogen and oxygen atoms in total. The molecule has 1 amide bonds. The van der Waals surface area contributed by atoms with Gasteiger partial charge in [-0.1, -0.05) is 199 Å². The van der Waals surface area contributed by atoms with E-state index in [2.05, 4.69) is 31.3 Å². The SMILES string of the molecule is CCCCCCCCCCCCCCCCCCCCCCCCC/C=C/CC/C=C/C(O)C(COC1OC(CO)C(O)C(O)C1O)NC(=O)CCCCCC. The summed E-state index contributed by atoms with van der Waals surface area (Å²) in [5.41, 5.74) is 0. The van der Waals surface area contributed by atoms with Gasteiger partial charge in [0.05, 0.1) is 25.4 Å². The molecule has 56 heavy (non-hydrogen) atoms. The van der Waals surface area contributed by atoms with Gasteiger partial charge in [0.15, 0.2) is 6.29 Å². The van der Waals surface area contributed by atoms with Crippen molar-refractivity contribution in [2.24, 2.45) is 0 Å². The first kappa shape index (κ1) is 52.7. The van der Waals surface area contributed by atoms with E-state index in [1.165, 1.54) is 148 Å². The molecular formula is C47H89NO8. The molecule has 1 rings (SSSR count). The zero-order chi connectivity index (χ0) is 40.9. The Morgan fingerprint density at radius 2 is 1.02 bits per heavy atom. The summed E-state index contributed by atoms with van der Waals surface area (Å²) in [5, 5.41) is 53.7. The summed E-state index contributed by atoms with van der Waals surface area (Å²) in [5.74, 6) is -0.204. The Morgan fingerprint density at radius 1 is 0.589 bits per heavy atom. The quantitative estimate of drug-likeness (QED) is 0.0266. The topological polar surface area (TPSA) is 149 Å². The van der Waals surface area contributed by atoms with Crippen molar-refractivity contribution in [3.63, 3.8) is 0 Å². The average Bonchev–Trinajstić information content (AvgIpc) is 3.20. The van der Waals surface area contributed by atoms with Crippen molar-refractivity contribution in [3.8, 4) is 0 Å². The van der Waals surface area contributed by atoms with Crippen molar-refractivity contribution < 1.29 is 39.8 Å². The molecule has 9 heteroatoms. The van der Waals surface area contributed by atoms with Crippen molar-refractivity contribution >= 4 is 5.91 Å². The van der Waals surface area contributed by atoms with Crippen LogP contribution in [-0.4, -0.2) is 87.5 Å². The highest BCUT2D eigenvalue weighted by Gasteiger charge is 2.44. The fourth-order valence-corrected chi connectivity index (χ4v) is 7.47. The maximum absolute atomic E-state index is 12.6. The molecule has 6 N–H and O–H groups in total. The van der Waals surface area contributed by atoms with Crippen molar-refractivity contribution in [2.45, 2.75) is 256 Å². The van der Waals surface area contributed by atoms with Crippen LogP contribution in [0.5, 0.6) is 0 Å². The fourth-order valence-electron chi connectivity index (χ4n) is 7.47. The number of hydrogen-bond acceptors (Lipinski definition) is 8. The van der Waals surface area contributed by atoms with Gasteiger partial charge in [-0.05, 0) is 32.1 Å². The standard InChI is InChI=1S/C47H89NO8/c1-3-5-7-9-10-11-12-13-14-15-16-17-18-19-20-21-22-23-24-25-26-27-28-29-30-31-32-33-34-36-41(50)40(48-43(51)37-35-8-6-4-2)39-55-47-46(54)45(53)44(52)42(38-49)56-47/h30-31,34,36,40-42,44-47,49-50,52-54H,3-29,32-33,35,37-39H2,1-2H3,(H,48,51)/b31-30+,36-34+. The molecule has 1 saturated heterocycles. The molecule has 1 aliphatic rings. The Kier molecular flexibility index (Phi) is 35.7. The Bertz CT molecular complexity index is 930. The summed E-state index contributed by atoms with van der Waals surface area (Å²) in [7, 11) is 0. The number of carbonyl (C=O) groups excluding carboxylic acids is 1. The van der Waals surface area contributed by atoms with Crippen molar-refractivity contribution in [1.82, 2.24) is 5.32 Å². The predicted molar refractivity (Wildman–Crippen MR) is 230 cm³/mol. The summed E-state index contributed by atoms with van der Waals surface area (Å²) in [6.45, 7) is 3.63. The zero-order valence-corrected chi connectivity index (χ0v) is 36.1. The predicted octanol–water partition coefficient (Wildman–Crippen LogP) is 9.89. The zero-order valence-electron chi connectivity index (χ0n) is 36.1. The molecular weight excluding hydrogens is 707 g/mol. The molecule has 0 bridgehead atoms. The van der Waals surface area contributed by atoms with Crippen molar-refractivity contribution in [3.05, 3.63) is 24.3 Å². The highest BCUT2D eigenvalue weighted by Crippen LogP contribution is 2.23. The molecule has 7 atom stereocenters. The van der Waals surface area contributed by atoms with Crippen molar-refractivity contribution in [1.29, 1.82) is 0 Å². The Balaban J connectivity index is 2.11.